The Hall–Kier alpha value is -2.27. The maximum Gasteiger partial charge on any atom is 0.257 e. The second-order valence-electron chi connectivity index (χ2n) is 3.96. The lowest BCUT2D eigenvalue weighted by atomic mass is 10.2. The lowest BCUT2D eigenvalue weighted by molar-refractivity contribution is 0.102. The van der Waals surface area contributed by atoms with Crippen LogP contribution in [0.25, 0.3) is 0 Å². The maximum absolute atomic E-state index is 13.6. The van der Waals surface area contributed by atoms with Crippen LogP contribution in [-0.4, -0.2) is 18.1 Å². The normalized spacial score (nSPS) is 10.2. The van der Waals surface area contributed by atoms with Gasteiger partial charge in [0.25, 0.3) is 5.91 Å². The van der Waals surface area contributed by atoms with E-state index in [2.05, 4.69) is 5.32 Å². The van der Waals surface area contributed by atoms with E-state index in [4.69, 9.17) is 16.3 Å². The Morgan fingerprint density at radius 2 is 2.05 bits per heavy atom. The molecule has 2 aromatic rings. The standard InChI is InChI=1S/C14H11ClFNO3/c1-20-9-3-5-12(16)13(7-9)17-14(19)10-6-8(18)2-4-11(10)15/h2-7,18H,1H3,(H,17,19). The molecule has 0 saturated heterocycles. The molecule has 0 bridgehead atoms. The molecule has 20 heavy (non-hydrogen) atoms. The lowest BCUT2D eigenvalue weighted by Gasteiger charge is -2.09. The first-order chi connectivity index (χ1) is 9.51. The van der Waals surface area contributed by atoms with Gasteiger partial charge in [-0.25, -0.2) is 4.39 Å². The summed E-state index contributed by atoms with van der Waals surface area (Å²) in [4.78, 5) is 12.0. The molecule has 1 amide bonds. The fraction of sp³-hybridized carbons (Fsp3) is 0.0714. The summed E-state index contributed by atoms with van der Waals surface area (Å²) in [5.41, 5.74) is 0.0163. The van der Waals surface area contributed by atoms with Crippen molar-refractivity contribution < 1.29 is 19.0 Å². The molecular formula is C14H11ClFNO3. The van der Waals surface area contributed by atoms with Crippen LogP contribution in [0, 0.1) is 5.82 Å². The Kier molecular flexibility index (Phi) is 4.10. The van der Waals surface area contributed by atoms with Crippen molar-refractivity contribution in [3.05, 3.63) is 52.8 Å². The number of carbonyl (C=O) groups excluding carboxylic acids is 1. The third-order valence-electron chi connectivity index (χ3n) is 2.62. The number of nitrogens with one attached hydrogen (secondary N) is 1. The zero-order valence-corrected chi connectivity index (χ0v) is 11.2. The molecule has 0 unspecified atom stereocenters. The number of methoxy groups -OCH3 is 1. The van der Waals surface area contributed by atoms with Gasteiger partial charge in [-0.05, 0) is 30.3 Å². The summed E-state index contributed by atoms with van der Waals surface area (Å²) < 4.78 is 18.6. The van der Waals surface area contributed by atoms with E-state index in [1.54, 1.807) is 0 Å². The highest BCUT2D eigenvalue weighted by atomic mass is 35.5. The molecule has 0 atom stereocenters. The molecule has 104 valence electrons. The first-order valence-corrected chi connectivity index (χ1v) is 6.02. The number of rotatable bonds is 3. The zero-order chi connectivity index (χ0) is 14.7. The van der Waals surface area contributed by atoms with Crippen LogP contribution in [-0.2, 0) is 0 Å². The molecule has 0 heterocycles. The molecule has 4 nitrogen and oxygen atoms in total. The van der Waals surface area contributed by atoms with Crippen molar-refractivity contribution >= 4 is 23.2 Å². The van der Waals surface area contributed by atoms with E-state index in [1.807, 2.05) is 0 Å². The van der Waals surface area contributed by atoms with E-state index in [1.165, 1.54) is 43.5 Å². The number of aromatic hydroxyl groups is 1. The lowest BCUT2D eigenvalue weighted by Crippen LogP contribution is -2.13. The quantitative estimate of drug-likeness (QED) is 0.912. The summed E-state index contributed by atoms with van der Waals surface area (Å²) in [6.45, 7) is 0. The smallest absolute Gasteiger partial charge is 0.257 e. The van der Waals surface area contributed by atoms with E-state index in [9.17, 15) is 14.3 Å². The number of carbonyl (C=O) groups is 1. The molecule has 2 N–H and O–H groups in total. The number of amides is 1. The Balaban J connectivity index is 2.30. The molecule has 0 aliphatic rings. The minimum Gasteiger partial charge on any atom is -0.508 e. The van der Waals surface area contributed by atoms with Crippen LogP contribution in [0.4, 0.5) is 10.1 Å². The van der Waals surface area contributed by atoms with Gasteiger partial charge >= 0.3 is 0 Å². The monoisotopic (exact) mass is 295 g/mol. The highest BCUT2D eigenvalue weighted by Gasteiger charge is 2.14. The van der Waals surface area contributed by atoms with Crippen LogP contribution in [0.5, 0.6) is 11.5 Å². The highest BCUT2D eigenvalue weighted by molar-refractivity contribution is 6.34. The highest BCUT2D eigenvalue weighted by Crippen LogP contribution is 2.25. The Bertz CT molecular complexity index is 661. The molecule has 0 aliphatic heterocycles. The SMILES string of the molecule is COc1ccc(F)c(NC(=O)c2cc(O)ccc2Cl)c1. The number of benzene rings is 2. The van der Waals surface area contributed by atoms with Crippen molar-refractivity contribution in [2.75, 3.05) is 12.4 Å². The first-order valence-electron chi connectivity index (χ1n) is 5.64. The summed E-state index contributed by atoms with van der Waals surface area (Å²) in [5, 5.41) is 11.9. The van der Waals surface area contributed by atoms with E-state index >= 15 is 0 Å². The average molecular weight is 296 g/mol. The van der Waals surface area contributed by atoms with E-state index < -0.39 is 11.7 Å². The number of phenolic OH excluding ortho intramolecular Hbond substituents is 1. The van der Waals surface area contributed by atoms with Crippen molar-refractivity contribution in [3.63, 3.8) is 0 Å². The number of anilines is 1. The molecule has 2 rings (SSSR count). The second-order valence-corrected chi connectivity index (χ2v) is 4.37. The van der Waals surface area contributed by atoms with E-state index in [0.29, 0.717) is 5.75 Å². The average Bonchev–Trinajstić information content (AvgIpc) is 2.43. The Morgan fingerprint density at radius 1 is 1.30 bits per heavy atom. The zero-order valence-electron chi connectivity index (χ0n) is 10.5. The van der Waals surface area contributed by atoms with Crippen molar-refractivity contribution in [3.8, 4) is 11.5 Å². The summed E-state index contributed by atoms with van der Waals surface area (Å²) in [5.74, 6) is -0.928. The predicted octanol–water partition coefficient (Wildman–Crippen LogP) is 3.45. The minimum atomic E-state index is -0.627. The largest absolute Gasteiger partial charge is 0.508 e. The van der Waals surface area contributed by atoms with Crippen LogP contribution in [0.3, 0.4) is 0 Å². The van der Waals surface area contributed by atoms with Gasteiger partial charge in [0.2, 0.25) is 0 Å². The number of ether oxygens (including phenoxy) is 1. The molecular weight excluding hydrogens is 285 g/mol. The van der Waals surface area contributed by atoms with Crippen molar-refractivity contribution in [2.45, 2.75) is 0 Å². The van der Waals surface area contributed by atoms with Gasteiger partial charge < -0.3 is 15.2 Å². The maximum atomic E-state index is 13.6. The number of hydrogen-bond acceptors (Lipinski definition) is 3. The topological polar surface area (TPSA) is 58.6 Å². The Labute approximate surface area is 119 Å². The first kappa shape index (κ1) is 14.1. The van der Waals surface area contributed by atoms with Crippen molar-refractivity contribution in [2.24, 2.45) is 0 Å². The van der Waals surface area contributed by atoms with Crippen LogP contribution in [0.2, 0.25) is 5.02 Å². The van der Waals surface area contributed by atoms with Gasteiger partial charge in [0.15, 0.2) is 0 Å². The van der Waals surface area contributed by atoms with Gasteiger partial charge in [0.1, 0.15) is 17.3 Å². The summed E-state index contributed by atoms with van der Waals surface area (Å²) in [7, 11) is 1.44. The Morgan fingerprint density at radius 3 is 2.75 bits per heavy atom. The molecule has 0 spiro atoms. The van der Waals surface area contributed by atoms with Gasteiger partial charge in [-0.2, -0.15) is 0 Å². The van der Waals surface area contributed by atoms with Crippen LogP contribution >= 0.6 is 11.6 Å². The van der Waals surface area contributed by atoms with E-state index in [-0.39, 0.29) is 22.0 Å². The minimum absolute atomic E-state index is 0.0336. The molecule has 0 radical (unpaired) electrons. The van der Waals surface area contributed by atoms with Crippen LogP contribution in [0.1, 0.15) is 10.4 Å². The second kappa shape index (κ2) is 5.79. The third-order valence-corrected chi connectivity index (χ3v) is 2.95. The summed E-state index contributed by atoms with van der Waals surface area (Å²) >= 11 is 5.87. The predicted molar refractivity (Wildman–Crippen MR) is 74.0 cm³/mol. The summed E-state index contributed by atoms with van der Waals surface area (Å²) in [6.07, 6.45) is 0. The molecule has 0 saturated carbocycles. The van der Waals surface area contributed by atoms with Crippen molar-refractivity contribution in [1.82, 2.24) is 0 Å². The fourth-order valence-corrected chi connectivity index (χ4v) is 1.81. The molecule has 2 aromatic carbocycles. The number of halogens is 2. The van der Waals surface area contributed by atoms with Crippen LogP contribution in [0.15, 0.2) is 36.4 Å². The fourth-order valence-electron chi connectivity index (χ4n) is 1.60. The van der Waals surface area contributed by atoms with Gasteiger partial charge in [-0.15, -0.1) is 0 Å². The number of phenols is 1. The van der Waals surface area contributed by atoms with Crippen LogP contribution < -0.4 is 10.1 Å². The third kappa shape index (κ3) is 3.00. The molecule has 0 fully saturated rings. The molecule has 6 heteroatoms. The van der Waals surface area contributed by atoms with Gasteiger partial charge in [-0.1, -0.05) is 11.6 Å². The van der Waals surface area contributed by atoms with E-state index in [0.717, 1.165) is 0 Å². The van der Waals surface area contributed by atoms with Gasteiger partial charge in [0, 0.05) is 6.07 Å². The van der Waals surface area contributed by atoms with Gasteiger partial charge in [-0.3, -0.25) is 4.79 Å². The van der Waals surface area contributed by atoms with Gasteiger partial charge in [0.05, 0.1) is 23.4 Å². The summed E-state index contributed by atoms with van der Waals surface area (Å²) in [6, 6.07) is 7.91. The molecule has 0 aromatic heterocycles. The number of hydrogen-bond donors (Lipinski definition) is 2. The molecule has 0 aliphatic carbocycles. The van der Waals surface area contributed by atoms with Crippen molar-refractivity contribution in [1.29, 1.82) is 0 Å².